The molecule has 0 amide bonds. The molecule has 0 aliphatic carbocycles. The van der Waals surface area contributed by atoms with Gasteiger partial charge in [-0.2, -0.15) is 5.26 Å². The van der Waals surface area contributed by atoms with Crippen molar-refractivity contribution >= 4 is 34.2 Å². The van der Waals surface area contributed by atoms with Gasteiger partial charge in [-0.25, -0.2) is 4.39 Å². The Hall–Kier alpha value is -2.65. The normalized spacial score (nSPS) is 11.1. The number of halogens is 2. The fourth-order valence-corrected chi connectivity index (χ4v) is 3.40. The van der Waals surface area contributed by atoms with Crippen LogP contribution in [0.5, 0.6) is 5.75 Å². The van der Waals surface area contributed by atoms with Crippen LogP contribution in [-0.4, -0.2) is 0 Å². The molecule has 2 nitrogen and oxygen atoms in total. The summed E-state index contributed by atoms with van der Waals surface area (Å²) in [6, 6.07) is 22.2. The van der Waals surface area contributed by atoms with E-state index in [1.165, 1.54) is 11.6 Å². The minimum absolute atomic E-state index is 0.289. The van der Waals surface area contributed by atoms with Gasteiger partial charge in [-0.15, -0.1) is 0 Å². The Bertz CT molecular complexity index is 1040. The zero-order valence-electron chi connectivity index (χ0n) is 14.7. The maximum absolute atomic E-state index is 13.9. The van der Waals surface area contributed by atoms with Crippen molar-refractivity contribution in [2.75, 3.05) is 0 Å². The van der Waals surface area contributed by atoms with Gasteiger partial charge in [0.2, 0.25) is 0 Å². The van der Waals surface area contributed by atoms with Gasteiger partial charge in [0.15, 0.2) is 0 Å². The van der Waals surface area contributed by atoms with Crippen LogP contribution in [0.15, 0.2) is 66.7 Å². The second-order valence-corrected chi connectivity index (χ2v) is 7.28. The molecule has 3 aromatic carbocycles. The smallest absolute Gasteiger partial charge is 0.133 e. The van der Waals surface area contributed by atoms with Crippen molar-refractivity contribution in [2.24, 2.45) is 0 Å². The molecule has 0 unspecified atom stereocenters. The molecule has 3 rings (SSSR count). The molecule has 0 fully saturated rings. The number of nitrogens with zero attached hydrogens (tertiary/aromatic N) is 1. The SMILES string of the molecule is Cc1cccc(COc2ccc(C=C(C#N)c3ccccc3F)cc2I)c1. The van der Waals surface area contributed by atoms with E-state index in [0.29, 0.717) is 12.2 Å². The summed E-state index contributed by atoms with van der Waals surface area (Å²) in [6.45, 7) is 2.54. The summed E-state index contributed by atoms with van der Waals surface area (Å²) < 4.78 is 20.8. The van der Waals surface area contributed by atoms with Crippen LogP contribution >= 0.6 is 22.6 Å². The Balaban J connectivity index is 1.80. The lowest BCUT2D eigenvalue weighted by Gasteiger charge is -2.10. The highest BCUT2D eigenvalue weighted by Gasteiger charge is 2.08. The first kappa shape index (κ1) is 19.1. The lowest BCUT2D eigenvalue weighted by Crippen LogP contribution is -1.97. The largest absolute Gasteiger partial charge is 0.488 e. The molecule has 134 valence electrons. The summed E-state index contributed by atoms with van der Waals surface area (Å²) in [5.74, 6) is 0.372. The van der Waals surface area contributed by atoms with E-state index in [9.17, 15) is 9.65 Å². The lowest BCUT2D eigenvalue weighted by atomic mass is 10.0. The molecule has 4 heteroatoms. The van der Waals surface area contributed by atoms with Crippen LogP contribution < -0.4 is 4.74 Å². The lowest BCUT2D eigenvalue weighted by molar-refractivity contribution is 0.304. The topological polar surface area (TPSA) is 33.0 Å². The van der Waals surface area contributed by atoms with Gasteiger partial charge in [-0.05, 0) is 64.9 Å². The van der Waals surface area contributed by atoms with Crippen molar-refractivity contribution in [2.45, 2.75) is 13.5 Å². The average molecular weight is 469 g/mol. The van der Waals surface area contributed by atoms with Crippen molar-refractivity contribution in [3.63, 3.8) is 0 Å². The van der Waals surface area contributed by atoms with Crippen molar-refractivity contribution in [1.82, 2.24) is 0 Å². The number of aryl methyl sites for hydroxylation is 1. The first-order valence-electron chi connectivity index (χ1n) is 8.41. The third-order valence-corrected chi connectivity index (χ3v) is 4.87. The average Bonchev–Trinajstić information content (AvgIpc) is 2.66. The van der Waals surface area contributed by atoms with E-state index in [1.807, 2.05) is 30.3 Å². The number of benzene rings is 3. The fraction of sp³-hybridized carbons (Fsp3) is 0.0870. The number of hydrogen-bond acceptors (Lipinski definition) is 2. The Morgan fingerprint density at radius 2 is 1.93 bits per heavy atom. The summed E-state index contributed by atoms with van der Waals surface area (Å²) in [4.78, 5) is 0. The maximum Gasteiger partial charge on any atom is 0.133 e. The van der Waals surface area contributed by atoms with Crippen LogP contribution in [-0.2, 0) is 6.61 Å². The summed E-state index contributed by atoms with van der Waals surface area (Å²) in [7, 11) is 0. The quantitative estimate of drug-likeness (QED) is 0.247. The highest BCUT2D eigenvalue weighted by Crippen LogP contribution is 2.26. The molecule has 0 radical (unpaired) electrons. The Morgan fingerprint density at radius 3 is 2.63 bits per heavy atom. The predicted molar refractivity (Wildman–Crippen MR) is 115 cm³/mol. The van der Waals surface area contributed by atoms with E-state index < -0.39 is 5.82 Å². The van der Waals surface area contributed by atoms with E-state index in [0.717, 1.165) is 20.4 Å². The first-order chi connectivity index (χ1) is 13.1. The number of rotatable bonds is 5. The zero-order chi connectivity index (χ0) is 19.2. The van der Waals surface area contributed by atoms with E-state index in [-0.39, 0.29) is 5.57 Å². The second-order valence-electron chi connectivity index (χ2n) is 6.12. The molecule has 27 heavy (non-hydrogen) atoms. The number of hydrogen-bond donors (Lipinski definition) is 0. The Morgan fingerprint density at radius 1 is 1.11 bits per heavy atom. The van der Waals surface area contributed by atoms with Crippen molar-refractivity contribution in [3.8, 4) is 11.8 Å². The zero-order valence-corrected chi connectivity index (χ0v) is 16.9. The van der Waals surface area contributed by atoms with Crippen LogP contribution in [0.1, 0.15) is 22.3 Å². The first-order valence-corrected chi connectivity index (χ1v) is 9.49. The third kappa shape index (κ3) is 4.95. The molecular weight excluding hydrogens is 452 g/mol. The second kappa shape index (κ2) is 8.83. The molecule has 0 aliphatic heterocycles. The van der Waals surface area contributed by atoms with Crippen LogP contribution in [0, 0.1) is 27.6 Å². The Kier molecular flexibility index (Phi) is 6.25. The van der Waals surface area contributed by atoms with Crippen molar-refractivity contribution in [1.29, 1.82) is 5.26 Å². The molecule has 3 aromatic rings. The van der Waals surface area contributed by atoms with E-state index in [2.05, 4.69) is 47.7 Å². The van der Waals surface area contributed by atoms with Gasteiger partial charge in [0.1, 0.15) is 18.2 Å². The van der Waals surface area contributed by atoms with Crippen LogP contribution in [0.4, 0.5) is 4.39 Å². The van der Waals surface area contributed by atoms with Gasteiger partial charge < -0.3 is 4.74 Å². The molecule has 0 spiro atoms. The monoisotopic (exact) mass is 469 g/mol. The van der Waals surface area contributed by atoms with Gasteiger partial charge in [-0.3, -0.25) is 0 Å². The summed E-state index contributed by atoms with van der Waals surface area (Å²) in [5, 5.41) is 9.41. The molecule has 0 saturated heterocycles. The van der Waals surface area contributed by atoms with E-state index in [1.54, 1.807) is 24.3 Å². The molecule has 0 atom stereocenters. The minimum Gasteiger partial charge on any atom is -0.488 e. The third-order valence-electron chi connectivity index (χ3n) is 4.03. The predicted octanol–water partition coefficient (Wildman–Crippen LogP) is 6.38. The number of nitriles is 1. The standard InChI is InChI=1S/C23H17FINO/c1-16-5-4-6-18(11-16)15-27-23-10-9-17(13-22(23)25)12-19(14-26)20-7-2-3-8-21(20)24/h2-13H,15H2,1H3. The number of allylic oxidation sites excluding steroid dienone is 1. The van der Waals surface area contributed by atoms with E-state index >= 15 is 0 Å². The van der Waals surface area contributed by atoms with Crippen molar-refractivity contribution < 1.29 is 9.13 Å². The summed E-state index contributed by atoms with van der Waals surface area (Å²) in [6.07, 6.45) is 1.69. The molecule has 0 aromatic heterocycles. The fourth-order valence-electron chi connectivity index (χ4n) is 2.70. The number of ether oxygens (including phenoxy) is 1. The molecule has 0 heterocycles. The van der Waals surface area contributed by atoms with Crippen LogP contribution in [0.2, 0.25) is 0 Å². The Labute approximate surface area is 172 Å². The molecule has 0 saturated carbocycles. The van der Waals surface area contributed by atoms with Crippen LogP contribution in [0.3, 0.4) is 0 Å². The minimum atomic E-state index is -0.405. The maximum atomic E-state index is 13.9. The van der Waals surface area contributed by atoms with Crippen LogP contribution in [0.25, 0.3) is 11.6 Å². The molecular formula is C23H17FINO. The highest BCUT2D eigenvalue weighted by molar-refractivity contribution is 14.1. The van der Waals surface area contributed by atoms with E-state index in [4.69, 9.17) is 4.74 Å². The highest BCUT2D eigenvalue weighted by atomic mass is 127. The van der Waals surface area contributed by atoms with Gasteiger partial charge in [0.05, 0.1) is 15.2 Å². The summed E-state index contributed by atoms with van der Waals surface area (Å²) >= 11 is 2.20. The van der Waals surface area contributed by atoms with Gasteiger partial charge in [0, 0.05) is 5.56 Å². The van der Waals surface area contributed by atoms with Gasteiger partial charge in [-0.1, -0.05) is 54.1 Å². The van der Waals surface area contributed by atoms with Crippen molar-refractivity contribution in [3.05, 3.63) is 98.4 Å². The summed E-state index contributed by atoms with van der Waals surface area (Å²) in [5.41, 5.74) is 3.72. The van der Waals surface area contributed by atoms with Gasteiger partial charge in [0.25, 0.3) is 0 Å². The molecule has 0 N–H and O–H groups in total. The molecule has 0 bridgehead atoms. The molecule has 0 aliphatic rings. The van der Waals surface area contributed by atoms with Gasteiger partial charge >= 0.3 is 0 Å².